The van der Waals surface area contributed by atoms with E-state index in [0.717, 1.165) is 23.1 Å². The Bertz CT molecular complexity index is 1160. The van der Waals surface area contributed by atoms with Crippen LogP contribution in [0.3, 0.4) is 0 Å². The van der Waals surface area contributed by atoms with Gasteiger partial charge in [-0.3, -0.25) is 14.1 Å². The normalized spacial score (nSPS) is 14.6. The average Bonchev–Trinajstić information content (AvgIpc) is 3.30. The molecule has 8 nitrogen and oxygen atoms in total. The summed E-state index contributed by atoms with van der Waals surface area (Å²) in [5.41, 5.74) is 0.312. The summed E-state index contributed by atoms with van der Waals surface area (Å²) in [6.07, 6.45) is -1.63. The number of hydrogen-bond acceptors (Lipinski definition) is 6. The standard InChI is InChI=1S/C20H17F4N5O3S/c21-13-2-4-15(22)16(9-13)29(20(30)28-5-7-33(31)8-6-28)11-14-3-1-12(10-25-14)18-26-27-19(32-18)17(23)24/h1-4,9-10,17H,5-8,11H2. The number of halogens is 4. The lowest BCUT2D eigenvalue weighted by Crippen LogP contribution is -2.49. The van der Waals surface area contributed by atoms with Gasteiger partial charge in [0.2, 0.25) is 5.89 Å². The molecular formula is C20H17F4N5O3S. The molecule has 1 saturated heterocycles. The minimum absolute atomic E-state index is 0.158. The third-order valence-electron chi connectivity index (χ3n) is 4.90. The van der Waals surface area contributed by atoms with E-state index in [4.69, 9.17) is 4.42 Å². The number of anilines is 1. The van der Waals surface area contributed by atoms with Crippen molar-refractivity contribution in [1.82, 2.24) is 20.1 Å². The number of benzene rings is 1. The lowest BCUT2D eigenvalue weighted by molar-refractivity contribution is 0.116. The number of aromatic nitrogens is 3. The summed E-state index contributed by atoms with van der Waals surface area (Å²) in [6, 6.07) is 5.14. The molecule has 3 heterocycles. The number of carbonyl (C=O) groups is 1. The predicted octanol–water partition coefficient (Wildman–Crippen LogP) is 3.54. The Kier molecular flexibility index (Phi) is 6.67. The maximum atomic E-state index is 14.5. The third-order valence-corrected chi connectivity index (χ3v) is 6.17. The lowest BCUT2D eigenvalue weighted by Gasteiger charge is -2.32. The first-order valence-electron chi connectivity index (χ1n) is 9.75. The van der Waals surface area contributed by atoms with Gasteiger partial charge in [-0.1, -0.05) is 0 Å². The summed E-state index contributed by atoms with van der Waals surface area (Å²) in [4.78, 5) is 19.8. The van der Waals surface area contributed by atoms with Crippen molar-refractivity contribution < 1.29 is 31.0 Å². The molecule has 3 aromatic rings. The zero-order chi connectivity index (χ0) is 23.5. The van der Waals surface area contributed by atoms with E-state index < -0.39 is 40.8 Å². The highest BCUT2D eigenvalue weighted by atomic mass is 32.2. The second kappa shape index (κ2) is 9.65. The van der Waals surface area contributed by atoms with Crippen LogP contribution in [0.4, 0.5) is 28.0 Å². The molecule has 0 spiro atoms. The summed E-state index contributed by atoms with van der Waals surface area (Å²) in [7, 11) is -1.03. The smallest absolute Gasteiger partial charge is 0.325 e. The number of nitrogens with zero attached hydrogens (tertiary/aromatic N) is 5. The van der Waals surface area contributed by atoms with Crippen molar-refractivity contribution in [1.29, 1.82) is 0 Å². The fraction of sp³-hybridized carbons (Fsp3) is 0.300. The summed E-state index contributed by atoms with van der Waals surface area (Å²) >= 11 is 0. The van der Waals surface area contributed by atoms with Crippen LogP contribution in [-0.2, 0) is 17.3 Å². The molecule has 1 aliphatic heterocycles. The summed E-state index contributed by atoms with van der Waals surface area (Å²) < 4.78 is 70.2. The third kappa shape index (κ3) is 5.18. The fourth-order valence-corrected chi connectivity index (χ4v) is 4.25. The van der Waals surface area contributed by atoms with Crippen molar-refractivity contribution in [3.63, 3.8) is 0 Å². The summed E-state index contributed by atoms with van der Waals surface area (Å²) in [6.45, 7) is 0.231. The number of alkyl halides is 2. The highest BCUT2D eigenvalue weighted by Crippen LogP contribution is 2.26. The molecule has 1 aromatic carbocycles. The molecule has 2 aromatic heterocycles. The van der Waals surface area contributed by atoms with Crippen LogP contribution in [0.5, 0.6) is 0 Å². The molecule has 0 atom stereocenters. The molecule has 2 amide bonds. The van der Waals surface area contributed by atoms with Gasteiger partial charge in [-0.15, -0.1) is 10.2 Å². The Labute approximate surface area is 187 Å². The van der Waals surface area contributed by atoms with Gasteiger partial charge in [0.15, 0.2) is 0 Å². The molecular weight excluding hydrogens is 466 g/mol. The molecule has 4 rings (SSSR count). The summed E-state index contributed by atoms with van der Waals surface area (Å²) in [5.74, 6) is -1.91. The largest absolute Gasteiger partial charge is 0.415 e. The van der Waals surface area contributed by atoms with Gasteiger partial charge in [-0.05, 0) is 24.3 Å². The number of amides is 2. The van der Waals surface area contributed by atoms with Crippen LogP contribution >= 0.6 is 0 Å². The molecule has 174 valence electrons. The number of carbonyl (C=O) groups excluding carboxylic acids is 1. The van der Waals surface area contributed by atoms with E-state index in [1.54, 1.807) is 0 Å². The molecule has 0 saturated carbocycles. The molecule has 0 radical (unpaired) electrons. The van der Waals surface area contributed by atoms with Crippen molar-refractivity contribution in [3.05, 3.63) is 59.7 Å². The Morgan fingerprint density at radius 2 is 1.91 bits per heavy atom. The fourth-order valence-electron chi connectivity index (χ4n) is 3.19. The zero-order valence-electron chi connectivity index (χ0n) is 17.0. The molecule has 0 bridgehead atoms. The van der Waals surface area contributed by atoms with Gasteiger partial charge in [0.05, 0.1) is 23.5 Å². The van der Waals surface area contributed by atoms with Crippen molar-refractivity contribution >= 4 is 22.5 Å². The topological polar surface area (TPSA) is 92.4 Å². The van der Waals surface area contributed by atoms with Crippen LogP contribution in [0.15, 0.2) is 40.9 Å². The highest BCUT2D eigenvalue weighted by molar-refractivity contribution is 7.85. The van der Waals surface area contributed by atoms with Crippen molar-refractivity contribution in [2.45, 2.75) is 13.0 Å². The SMILES string of the molecule is O=C(N1CCS(=O)CC1)N(Cc1ccc(-c2nnc(C(F)F)o2)cn1)c1cc(F)ccc1F. The Morgan fingerprint density at radius 3 is 2.55 bits per heavy atom. The Balaban J connectivity index is 1.60. The van der Waals surface area contributed by atoms with Gasteiger partial charge in [-0.2, -0.15) is 8.78 Å². The quantitative estimate of drug-likeness (QED) is 0.516. The Morgan fingerprint density at radius 1 is 1.15 bits per heavy atom. The second-order valence-corrected chi connectivity index (χ2v) is 8.78. The van der Waals surface area contributed by atoms with Crippen LogP contribution in [0.1, 0.15) is 18.0 Å². The molecule has 1 aliphatic rings. The van der Waals surface area contributed by atoms with Crippen molar-refractivity contribution in [2.75, 3.05) is 29.5 Å². The lowest BCUT2D eigenvalue weighted by atomic mass is 10.2. The first-order chi connectivity index (χ1) is 15.8. The van der Waals surface area contributed by atoms with E-state index >= 15 is 0 Å². The van der Waals surface area contributed by atoms with Crippen molar-refractivity contribution in [3.8, 4) is 11.5 Å². The van der Waals surface area contributed by atoms with Gasteiger partial charge in [0.1, 0.15) is 11.6 Å². The average molecular weight is 483 g/mol. The predicted molar refractivity (Wildman–Crippen MR) is 110 cm³/mol. The van der Waals surface area contributed by atoms with Gasteiger partial charge in [0, 0.05) is 47.7 Å². The molecule has 33 heavy (non-hydrogen) atoms. The van der Waals surface area contributed by atoms with E-state index in [0.29, 0.717) is 17.2 Å². The van der Waals surface area contributed by atoms with Gasteiger partial charge < -0.3 is 9.32 Å². The maximum Gasteiger partial charge on any atom is 0.325 e. The van der Waals surface area contributed by atoms with Gasteiger partial charge in [0.25, 0.3) is 5.89 Å². The molecule has 0 unspecified atom stereocenters. The minimum atomic E-state index is -2.91. The number of rotatable bonds is 5. The first-order valence-corrected chi connectivity index (χ1v) is 11.2. The van der Waals surface area contributed by atoms with E-state index in [2.05, 4.69) is 15.2 Å². The number of hydrogen-bond donors (Lipinski definition) is 0. The molecule has 0 aliphatic carbocycles. The zero-order valence-corrected chi connectivity index (χ0v) is 17.8. The van der Waals surface area contributed by atoms with Crippen LogP contribution in [-0.4, -0.2) is 54.9 Å². The van der Waals surface area contributed by atoms with E-state index in [1.165, 1.54) is 23.2 Å². The molecule has 1 fully saturated rings. The maximum absolute atomic E-state index is 14.5. The van der Waals surface area contributed by atoms with Crippen LogP contribution in [0.2, 0.25) is 0 Å². The van der Waals surface area contributed by atoms with Crippen LogP contribution in [0.25, 0.3) is 11.5 Å². The van der Waals surface area contributed by atoms with E-state index in [9.17, 15) is 26.6 Å². The number of urea groups is 1. The van der Waals surface area contributed by atoms with E-state index in [1.807, 2.05) is 0 Å². The van der Waals surface area contributed by atoms with E-state index in [-0.39, 0.29) is 36.8 Å². The van der Waals surface area contributed by atoms with Crippen LogP contribution in [0, 0.1) is 11.6 Å². The summed E-state index contributed by atoms with van der Waals surface area (Å²) in [5, 5.41) is 6.79. The molecule has 13 heteroatoms. The first kappa shape index (κ1) is 22.8. The highest BCUT2D eigenvalue weighted by Gasteiger charge is 2.28. The van der Waals surface area contributed by atoms with Gasteiger partial charge in [-0.25, -0.2) is 13.6 Å². The Hall–Kier alpha value is -3.35. The van der Waals surface area contributed by atoms with Crippen LogP contribution < -0.4 is 4.90 Å². The number of pyridine rings is 1. The molecule has 0 N–H and O–H groups in total. The minimum Gasteiger partial charge on any atom is -0.415 e. The second-order valence-electron chi connectivity index (χ2n) is 7.08. The van der Waals surface area contributed by atoms with Gasteiger partial charge >= 0.3 is 12.5 Å². The monoisotopic (exact) mass is 483 g/mol. The van der Waals surface area contributed by atoms with Crippen molar-refractivity contribution in [2.24, 2.45) is 0 Å².